The van der Waals surface area contributed by atoms with Gasteiger partial charge in [0.25, 0.3) is 11.9 Å². The summed E-state index contributed by atoms with van der Waals surface area (Å²) in [5.74, 6) is 5.45. The number of carbonyl (C=O) groups excluding carboxylic acids is 1. The summed E-state index contributed by atoms with van der Waals surface area (Å²) in [6.07, 6.45) is 0.378. The molecule has 2 rings (SSSR count). The van der Waals surface area contributed by atoms with Crippen molar-refractivity contribution in [1.82, 2.24) is 20.2 Å². The lowest BCUT2D eigenvalue weighted by molar-refractivity contribution is 0.102. The molecule has 0 aliphatic heterocycles. The Bertz CT molecular complexity index is 637. The Morgan fingerprint density at radius 2 is 2.47 bits per heavy atom. The number of nitrogens with one attached hydrogen (secondary N) is 1. The molecule has 2 aromatic heterocycles. The Kier molecular flexibility index (Phi) is 4.22. The fraction of sp³-hybridized carbons (Fsp3) is 0.273. The van der Waals surface area contributed by atoms with Gasteiger partial charge in [0.2, 0.25) is 0 Å². The van der Waals surface area contributed by atoms with Crippen molar-refractivity contribution in [2.24, 2.45) is 7.05 Å². The third kappa shape index (κ3) is 3.37. The second kappa shape index (κ2) is 6.08. The van der Waals surface area contributed by atoms with E-state index in [9.17, 15) is 4.79 Å². The fourth-order valence-corrected chi connectivity index (χ4v) is 2.03. The number of amides is 1. The van der Waals surface area contributed by atoms with Crippen LogP contribution in [0.5, 0.6) is 0 Å². The molecule has 0 spiro atoms. The van der Waals surface area contributed by atoms with Crippen molar-refractivity contribution in [1.29, 1.82) is 0 Å². The number of anilines is 1. The van der Waals surface area contributed by atoms with Gasteiger partial charge in [0, 0.05) is 12.0 Å². The van der Waals surface area contributed by atoms with Gasteiger partial charge >= 0.3 is 0 Å². The highest BCUT2D eigenvalue weighted by atomic mass is 32.1. The molecule has 7 nitrogen and oxygen atoms in total. The maximum Gasteiger partial charge on any atom is 0.270 e. The zero-order chi connectivity index (χ0) is 13.7. The quantitative estimate of drug-likeness (QED) is 0.785. The molecule has 2 heterocycles. The first-order valence-electron chi connectivity index (χ1n) is 5.43. The number of aliphatic hydroxyl groups excluding tert-OH is 1. The van der Waals surface area contributed by atoms with E-state index in [4.69, 9.17) is 5.11 Å². The van der Waals surface area contributed by atoms with Crippen molar-refractivity contribution in [3.8, 4) is 11.8 Å². The van der Waals surface area contributed by atoms with Crippen molar-refractivity contribution in [3.05, 3.63) is 21.9 Å². The molecule has 8 heteroatoms. The highest BCUT2D eigenvalue weighted by Crippen LogP contribution is 2.16. The summed E-state index contributed by atoms with van der Waals surface area (Å²) in [6.45, 7) is 0.00217. The van der Waals surface area contributed by atoms with Crippen LogP contribution in [-0.4, -0.2) is 37.8 Å². The van der Waals surface area contributed by atoms with E-state index in [0.29, 0.717) is 16.9 Å². The maximum atomic E-state index is 12.0. The molecule has 98 valence electrons. The fourth-order valence-electron chi connectivity index (χ4n) is 1.29. The van der Waals surface area contributed by atoms with Crippen molar-refractivity contribution in [3.63, 3.8) is 0 Å². The molecule has 0 aromatic carbocycles. The summed E-state index contributed by atoms with van der Waals surface area (Å²) in [6, 6.07) is 1.76. The van der Waals surface area contributed by atoms with Gasteiger partial charge in [-0.1, -0.05) is 16.9 Å². The predicted molar refractivity (Wildman–Crippen MR) is 69.7 cm³/mol. The minimum absolute atomic E-state index is 0.00217. The average Bonchev–Trinajstić information content (AvgIpc) is 2.99. The molecule has 19 heavy (non-hydrogen) atoms. The van der Waals surface area contributed by atoms with Crippen molar-refractivity contribution >= 4 is 23.2 Å². The maximum absolute atomic E-state index is 12.0. The molecule has 0 atom stereocenters. The normalized spacial score (nSPS) is 9.79. The summed E-state index contributed by atoms with van der Waals surface area (Å²) in [4.78, 5) is 13.7. The zero-order valence-electron chi connectivity index (χ0n) is 10.1. The van der Waals surface area contributed by atoms with E-state index < -0.39 is 0 Å². The van der Waals surface area contributed by atoms with E-state index in [2.05, 4.69) is 32.6 Å². The van der Waals surface area contributed by atoms with E-state index in [1.165, 1.54) is 16.1 Å². The Hall–Kier alpha value is -2.24. The van der Waals surface area contributed by atoms with Crippen molar-refractivity contribution < 1.29 is 9.90 Å². The number of nitrogens with zero attached hydrogens (tertiary/aromatic N) is 4. The Morgan fingerprint density at radius 3 is 3.16 bits per heavy atom. The number of aliphatic hydroxyl groups is 1. The van der Waals surface area contributed by atoms with Crippen LogP contribution in [0, 0.1) is 11.8 Å². The minimum atomic E-state index is -0.323. The lowest BCUT2D eigenvalue weighted by Crippen LogP contribution is -2.13. The third-order valence-electron chi connectivity index (χ3n) is 2.06. The molecule has 0 saturated heterocycles. The summed E-state index contributed by atoms with van der Waals surface area (Å²) in [5.41, 5.74) is 0.625. The van der Waals surface area contributed by atoms with Gasteiger partial charge in [0.05, 0.1) is 13.7 Å². The minimum Gasteiger partial charge on any atom is -0.395 e. The Morgan fingerprint density at radius 1 is 1.63 bits per heavy atom. The van der Waals surface area contributed by atoms with Crippen LogP contribution < -0.4 is 5.32 Å². The van der Waals surface area contributed by atoms with Gasteiger partial charge < -0.3 is 5.11 Å². The Balaban J connectivity index is 2.12. The number of hydrogen-bond donors (Lipinski definition) is 2. The first-order chi connectivity index (χ1) is 9.20. The third-order valence-corrected chi connectivity index (χ3v) is 2.98. The molecule has 0 unspecified atom stereocenters. The standard InChI is InChI=1S/C11H11N5O2S/c1-16-14-11(13-15-16)12-10(18)9-8(5-7-19-9)4-2-3-6-17/h5,7,17H,3,6H2,1H3,(H,12,14,18). The molecule has 0 fully saturated rings. The molecule has 0 bridgehead atoms. The molecule has 0 aliphatic rings. The molecule has 0 aliphatic carbocycles. The molecular formula is C11H11N5O2S. The molecular weight excluding hydrogens is 266 g/mol. The van der Waals surface area contributed by atoms with Gasteiger partial charge in [0.1, 0.15) is 4.88 Å². The van der Waals surface area contributed by atoms with Gasteiger partial charge in [-0.3, -0.25) is 10.1 Å². The second-order valence-corrected chi connectivity index (χ2v) is 4.41. The van der Waals surface area contributed by atoms with Crippen LogP contribution in [0.1, 0.15) is 21.7 Å². The van der Waals surface area contributed by atoms with Crippen LogP contribution in [0.15, 0.2) is 11.4 Å². The SMILES string of the molecule is Cn1nnc(NC(=O)c2sccc2C#CCCO)n1. The molecule has 0 saturated carbocycles. The summed E-state index contributed by atoms with van der Waals surface area (Å²) >= 11 is 1.28. The molecule has 0 radical (unpaired) electrons. The number of hydrogen-bond acceptors (Lipinski definition) is 6. The van der Waals surface area contributed by atoms with Crippen molar-refractivity contribution in [2.45, 2.75) is 6.42 Å². The van der Waals surface area contributed by atoms with Crippen molar-refractivity contribution in [2.75, 3.05) is 11.9 Å². The number of carbonyl (C=O) groups is 1. The average molecular weight is 277 g/mol. The first kappa shape index (κ1) is 13.2. The summed E-state index contributed by atoms with van der Waals surface area (Å²) in [5, 5.41) is 24.2. The number of thiophene rings is 1. The lowest BCUT2D eigenvalue weighted by Gasteiger charge is -1.97. The van der Waals surface area contributed by atoms with Crippen LogP contribution >= 0.6 is 11.3 Å². The highest BCUT2D eigenvalue weighted by molar-refractivity contribution is 7.12. The number of rotatable bonds is 3. The Labute approximate surface area is 113 Å². The van der Waals surface area contributed by atoms with Crippen LogP contribution in [0.2, 0.25) is 0 Å². The van der Waals surface area contributed by atoms with Crippen LogP contribution in [0.25, 0.3) is 0 Å². The van der Waals surface area contributed by atoms with Gasteiger partial charge in [0.15, 0.2) is 0 Å². The van der Waals surface area contributed by atoms with Gasteiger partial charge in [-0.15, -0.1) is 16.4 Å². The highest BCUT2D eigenvalue weighted by Gasteiger charge is 2.14. The van der Waals surface area contributed by atoms with E-state index in [-0.39, 0.29) is 18.5 Å². The van der Waals surface area contributed by atoms with E-state index in [1.54, 1.807) is 18.5 Å². The van der Waals surface area contributed by atoms with E-state index in [0.717, 1.165) is 0 Å². The van der Waals surface area contributed by atoms with Crippen LogP contribution in [0.3, 0.4) is 0 Å². The number of aryl methyl sites for hydroxylation is 1. The molecule has 1 amide bonds. The second-order valence-electron chi connectivity index (χ2n) is 3.50. The topological polar surface area (TPSA) is 92.9 Å². The monoisotopic (exact) mass is 277 g/mol. The largest absolute Gasteiger partial charge is 0.395 e. The van der Waals surface area contributed by atoms with E-state index >= 15 is 0 Å². The summed E-state index contributed by atoms with van der Waals surface area (Å²) < 4.78 is 0. The molecule has 2 aromatic rings. The smallest absolute Gasteiger partial charge is 0.270 e. The zero-order valence-corrected chi connectivity index (χ0v) is 10.9. The van der Waals surface area contributed by atoms with Gasteiger partial charge in [-0.25, -0.2) is 0 Å². The van der Waals surface area contributed by atoms with Gasteiger partial charge in [-0.2, -0.15) is 4.80 Å². The predicted octanol–water partition coefficient (Wildman–Crippen LogP) is 0.258. The van der Waals surface area contributed by atoms with E-state index in [1.807, 2.05) is 0 Å². The van der Waals surface area contributed by atoms with Crippen LogP contribution in [0.4, 0.5) is 5.95 Å². The first-order valence-corrected chi connectivity index (χ1v) is 6.31. The van der Waals surface area contributed by atoms with Crippen LogP contribution in [-0.2, 0) is 7.05 Å². The lowest BCUT2D eigenvalue weighted by atomic mass is 10.2. The molecule has 2 N–H and O–H groups in total. The number of tetrazole rings is 1. The number of aromatic nitrogens is 4. The summed E-state index contributed by atoms with van der Waals surface area (Å²) in [7, 11) is 1.61. The van der Waals surface area contributed by atoms with Gasteiger partial charge in [-0.05, 0) is 16.7 Å².